The number of rotatable bonds is 2. The zero-order chi connectivity index (χ0) is 12.8. The van der Waals surface area contributed by atoms with Crippen molar-refractivity contribution in [1.82, 2.24) is 19.6 Å². The predicted octanol–water partition coefficient (Wildman–Crippen LogP) is 0.261. The molecule has 0 aromatic rings. The first-order valence-corrected chi connectivity index (χ1v) is 7.71. The molecule has 106 valence electrons. The molecule has 0 unspecified atom stereocenters. The first-order valence-electron chi connectivity index (χ1n) is 7.71. The van der Waals surface area contributed by atoms with Gasteiger partial charge in [0.15, 0.2) is 0 Å². The van der Waals surface area contributed by atoms with Gasteiger partial charge >= 0.3 is 0 Å². The van der Waals surface area contributed by atoms with Gasteiger partial charge in [0.05, 0.1) is 0 Å². The fraction of sp³-hybridized carbons (Fsp3) is 1.00. The number of hydrogen-bond donors (Lipinski definition) is 0. The number of hydrogen-bond acceptors (Lipinski definition) is 4. The summed E-state index contributed by atoms with van der Waals surface area (Å²) in [6.45, 7) is 19.5. The van der Waals surface area contributed by atoms with E-state index in [1.165, 1.54) is 78.5 Å². The summed E-state index contributed by atoms with van der Waals surface area (Å²) >= 11 is 0. The molecular formula is C14H30N4. The van der Waals surface area contributed by atoms with E-state index < -0.39 is 0 Å². The topological polar surface area (TPSA) is 13.0 Å². The van der Waals surface area contributed by atoms with E-state index in [9.17, 15) is 0 Å². The molecule has 0 amide bonds. The van der Waals surface area contributed by atoms with E-state index in [2.05, 4.69) is 33.4 Å². The Balaban J connectivity index is 1.98. The SMILES string of the molecule is CCN1CCN2CCN(CC)CCN(CC1)CC2. The highest BCUT2D eigenvalue weighted by molar-refractivity contribution is 4.75. The van der Waals surface area contributed by atoms with Crippen molar-refractivity contribution in [3.05, 3.63) is 0 Å². The molecule has 2 bridgehead atoms. The fourth-order valence-electron chi connectivity index (χ4n) is 2.94. The second kappa shape index (κ2) is 7.43. The summed E-state index contributed by atoms with van der Waals surface area (Å²) in [7, 11) is 0. The van der Waals surface area contributed by atoms with Crippen molar-refractivity contribution < 1.29 is 0 Å². The van der Waals surface area contributed by atoms with Gasteiger partial charge in [-0.3, -0.25) is 9.80 Å². The first kappa shape index (κ1) is 14.3. The number of fused-ring (bicyclic) bond motifs is 3. The van der Waals surface area contributed by atoms with Crippen LogP contribution >= 0.6 is 0 Å². The largest absolute Gasteiger partial charge is 0.301 e. The Kier molecular flexibility index (Phi) is 5.89. The van der Waals surface area contributed by atoms with Crippen molar-refractivity contribution in [3.63, 3.8) is 0 Å². The van der Waals surface area contributed by atoms with Crippen molar-refractivity contribution >= 4 is 0 Å². The van der Waals surface area contributed by atoms with Crippen LogP contribution in [0.1, 0.15) is 13.8 Å². The lowest BCUT2D eigenvalue weighted by Crippen LogP contribution is -2.41. The van der Waals surface area contributed by atoms with Gasteiger partial charge in [0.1, 0.15) is 0 Å². The lowest BCUT2D eigenvalue weighted by Gasteiger charge is -2.28. The molecule has 2 fully saturated rings. The van der Waals surface area contributed by atoms with E-state index in [0.717, 1.165) is 0 Å². The van der Waals surface area contributed by atoms with Gasteiger partial charge in [-0.05, 0) is 13.1 Å². The maximum absolute atomic E-state index is 2.66. The summed E-state index contributed by atoms with van der Waals surface area (Å²) in [4.78, 5) is 10.5. The van der Waals surface area contributed by atoms with Crippen molar-refractivity contribution in [2.24, 2.45) is 0 Å². The van der Waals surface area contributed by atoms with Crippen molar-refractivity contribution in [1.29, 1.82) is 0 Å². The van der Waals surface area contributed by atoms with Gasteiger partial charge in [-0.25, -0.2) is 0 Å². The van der Waals surface area contributed by atoms with Crippen LogP contribution in [0.15, 0.2) is 0 Å². The van der Waals surface area contributed by atoms with Crippen LogP contribution in [-0.2, 0) is 0 Å². The molecule has 0 radical (unpaired) electrons. The minimum Gasteiger partial charge on any atom is -0.301 e. The molecule has 0 aliphatic carbocycles. The molecule has 0 spiro atoms. The quantitative estimate of drug-likeness (QED) is 0.701. The van der Waals surface area contributed by atoms with Crippen LogP contribution in [0.3, 0.4) is 0 Å². The van der Waals surface area contributed by atoms with E-state index in [1.54, 1.807) is 0 Å². The van der Waals surface area contributed by atoms with Crippen LogP contribution in [0.4, 0.5) is 0 Å². The van der Waals surface area contributed by atoms with E-state index in [4.69, 9.17) is 0 Å². The lowest BCUT2D eigenvalue weighted by atomic mass is 10.3. The van der Waals surface area contributed by atoms with Gasteiger partial charge in [-0.15, -0.1) is 0 Å². The van der Waals surface area contributed by atoms with Crippen molar-refractivity contribution in [2.45, 2.75) is 13.8 Å². The molecule has 0 aromatic carbocycles. The van der Waals surface area contributed by atoms with Gasteiger partial charge in [0.25, 0.3) is 0 Å². The fourth-order valence-corrected chi connectivity index (χ4v) is 2.94. The molecule has 2 heterocycles. The molecule has 2 saturated heterocycles. The minimum absolute atomic E-state index is 1.20. The summed E-state index contributed by atoms with van der Waals surface area (Å²) < 4.78 is 0. The Bertz CT molecular complexity index is 194. The molecule has 2 aliphatic heterocycles. The van der Waals surface area contributed by atoms with Crippen LogP contribution < -0.4 is 0 Å². The average molecular weight is 254 g/mol. The highest BCUT2D eigenvalue weighted by atomic mass is 15.3. The molecule has 18 heavy (non-hydrogen) atoms. The molecule has 0 aromatic heterocycles. The Morgan fingerprint density at radius 3 is 1.06 bits per heavy atom. The maximum atomic E-state index is 2.66. The van der Waals surface area contributed by atoms with E-state index >= 15 is 0 Å². The molecule has 0 saturated carbocycles. The van der Waals surface area contributed by atoms with E-state index in [1.807, 2.05) is 0 Å². The predicted molar refractivity (Wildman–Crippen MR) is 77.1 cm³/mol. The van der Waals surface area contributed by atoms with Crippen LogP contribution in [-0.4, -0.2) is 98.1 Å². The van der Waals surface area contributed by atoms with Crippen LogP contribution in [0.2, 0.25) is 0 Å². The van der Waals surface area contributed by atoms with Gasteiger partial charge in [-0.1, -0.05) is 13.8 Å². The van der Waals surface area contributed by atoms with Gasteiger partial charge in [0, 0.05) is 65.4 Å². The molecule has 0 atom stereocenters. The Hall–Kier alpha value is -0.160. The second-order valence-corrected chi connectivity index (χ2v) is 5.55. The third-order valence-electron chi connectivity index (χ3n) is 4.56. The summed E-state index contributed by atoms with van der Waals surface area (Å²) in [5.74, 6) is 0. The van der Waals surface area contributed by atoms with Gasteiger partial charge < -0.3 is 9.80 Å². The summed E-state index contributed by atoms with van der Waals surface area (Å²) in [5, 5.41) is 0. The molecule has 4 nitrogen and oxygen atoms in total. The van der Waals surface area contributed by atoms with Crippen LogP contribution in [0.25, 0.3) is 0 Å². The molecule has 2 rings (SSSR count). The monoisotopic (exact) mass is 254 g/mol. The van der Waals surface area contributed by atoms with E-state index in [-0.39, 0.29) is 0 Å². The third kappa shape index (κ3) is 4.19. The molecule has 0 N–H and O–H groups in total. The van der Waals surface area contributed by atoms with Crippen molar-refractivity contribution in [2.75, 3.05) is 78.5 Å². The molecule has 4 heteroatoms. The smallest absolute Gasteiger partial charge is 0.0110 e. The Morgan fingerprint density at radius 1 is 0.500 bits per heavy atom. The highest BCUT2D eigenvalue weighted by Gasteiger charge is 2.18. The second-order valence-electron chi connectivity index (χ2n) is 5.55. The zero-order valence-corrected chi connectivity index (χ0v) is 12.3. The molecular weight excluding hydrogens is 224 g/mol. The standard InChI is InChI=1S/C14H30N4/c1-3-15-5-9-17-11-7-16(4-2)8-12-18(10-6-15)14-13-17/h3-14H2,1-2H3. The maximum Gasteiger partial charge on any atom is 0.0110 e. The van der Waals surface area contributed by atoms with Crippen LogP contribution in [0.5, 0.6) is 0 Å². The first-order chi connectivity index (χ1) is 8.81. The van der Waals surface area contributed by atoms with Crippen molar-refractivity contribution in [3.8, 4) is 0 Å². The number of likely N-dealkylation sites (N-methyl/N-ethyl adjacent to an activating group) is 2. The highest BCUT2D eigenvalue weighted by Crippen LogP contribution is 2.04. The average Bonchev–Trinajstić information content (AvgIpc) is 2.55. The lowest BCUT2D eigenvalue weighted by molar-refractivity contribution is 0.182. The number of nitrogens with zero attached hydrogens (tertiary/aromatic N) is 4. The van der Waals surface area contributed by atoms with Gasteiger partial charge in [0.2, 0.25) is 0 Å². The Labute approximate surface area is 113 Å². The van der Waals surface area contributed by atoms with E-state index in [0.29, 0.717) is 0 Å². The normalized spacial score (nSPS) is 33.0. The zero-order valence-electron chi connectivity index (χ0n) is 12.3. The third-order valence-corrected chi connectivity index (χ3v) is 4.56. The summed E-state index contributed by atoms with van der Waals surface area (Å²) in [6, 6.07) is 0. The van der Waals surface area contributed by atoms with Crippen LogP contribution in [0, 0.1) is 0 Å². The van der Waals surface area contributed by atoms with Gasteiger partial charge in [-0.2, -0.15) is 0 Å². The molecule has 2 aliphatic rings. The summed E-state index contributed by atoms with van der Waals surface area (Å²) in [6.07, 6.45) is 0. The minimum atomic E-state index is 1.20. The Morgan fingerprint density at radius 2 is 0.778 bits per heavy atom. The summed E-state index contributed by atoms with van der Waals surface area (Å²) in [5.41, 5.74) is 0.